The van der Waals surface area contributed by atoms with Crippen LogP contribution < -0.4 is 10.6 Å². The summed E-state index contributed by atoms with van der Waals surface area (Å²) in [7, 11) is 0. The Balaban J connectivity index is 1.80. The van der Waals surface area contributed by atoms with Gasteiger partial charge in [0.15, 0.2) is 12.3 Å². The van der Waals surface area contributed by atoms with Crippen LogP contribution in [0.15, 0.2) is 22.8 Å². The summed E-state index contributed by atoms with van der Waals surface area (Å²) in [5.41, 5.74) is -0.709. The SMILES string of the molecule is C[C@H]([NH2+]CC(=O)N[C@](C)(C#N)C1CC1)c1ccco1. The van der Waals surface area contributed by atoms with Crippen LogP contribution in [0, 0.1) is 17.2 Å². The summed E-state index contributed by atoms with van der Waals surface area (Å²) in [5.74, 6) is 1.05. The van der Waals surface area contributed by atoms with Crippen molar-refractivity contribution < 1.29 is 14.5 Å². The molecular formula is C14H20N3O2+. The molecule has 19 heavy (non-hydrogen) atoms. The number of quaternary nitrogens is 1. The first kappa shape index (κ1) is 13.6. The van der Waals surface area contributed by atoms with Gasteiger partial charge in [0.05, 0.1) is 12.3 Å². The molecule has 1 amide bonds. The number of amides is 1. The first-order valence-corrected chi connectivity index (χ1v) is 6.64. The van der Waals surface area contributed by atoms with Gasteiger partial charge in [0.1, 0.15) is 11.6 Å². The lowest BCUT2D eigenvalue weighted by Crippen LogP contribution is -2.87. The van der Waals surface area contributed by atoms with Crippen molar-refractivity contribution in [1.29, 1.82) is 5.26 Å². The molecule has 0 aliphatic heterocycles. The van der Waals surface area contributed by atoms with Gasteiger partial charge in [0, 0.05) is 0 Å². The monoisotopic (exact) mass is 262 g/mol. The first-order chi connectivity index (χ1) is 9.05. The second-order valence-electron chi connectivity index (χ2n) is 5.38. The van der Waals surface area contributed by atoms with E-state index in [1.165, 1.54) is 0 Å². The fourth-order valence-corrected chi connectivity index (χ4v) is 2.17. The molecule has 2 atom stereocenters. The van der Waals surface area contributed by atoms with Crippen LogP contribution in [0.5, 0.6) is 0 Å². The molecule has 0 aromatic carbocycles. The molecule has 1 aromatic heterocycles. The predicted octanol–water partition coefficient (Wildman–Crippen LogP) is 0.712. The maximum Gasteiger partial charge on any atom is 0.276 e. The molecule has 1 saturated carbocycles. The second-order valence-corrected chi connectivity index (χ2v) is 5.38. The van der Waals surface area contributed by atoms with Gasteiger partial charge >= 0.3 is 0 Å². The Morgan fingerprint density at radius 2 is 2.47 bits per heavy atom. The van der Waals surface area contributed by atoms with Crippen molar-refractivity contribution in [3.8, 4) is 6.07 Å². The molecule has 0 saturated heterocycles. The standard InChI is InChI=1S/C14H19N3O2/c1-10(12-4-3-7-19-12)16-8-13(18)17-14(2,9-15)11-5-6-11/h3-4,7,10-11,16H,5-6,8H2,1-2H3,(H,17,18)/p+1/t10-,14+/m0/s1. The summed E-state index contributed by atoms with van der Waals surface area (Å²) in [6.45, 7) is 4.08. The van der Waals surface area contributed by atoms with E-state index in [2.05, 4.69) is 11.4 Å². The molecule has 5 heteroatoms. The fourth-order valence-electron chi connectivity index (χ4n) is 2.17. The van der Waals surface area contributed by atoms with E-state index in [1.807, 2.05) is 24.4 Å². The largest absolute Gasteiger partial charge is 0.463 e. The van der Waals surface area contributed by atoms with Crippen molar-refractivity contribution in [2.45, 2.75) is 38.3 Å². The summed E-state index contributed by atoms with van der Waals surface area (Å²) in [6, 6.07) is 6.04. The Bertz CT molecular complexity index is 473. The Morgan fingerprint density at radius 1 is 1.74 bits per heavy atom. The number of carbonyl (C=O) groups is 1. The number of rotatable bonds is 6. The number of hydrogen-bond acceptors (Lipinski definition) is 3. The molecule has 0 bridgehead atoms. The Morgan fingerprint density at radius 3 is 3.00 bits per heavy atom. The van der Waals surface area contributed by atoms with Gasteiger partial charge in [-0.05, 0) is 44.7 Å². The third-order valence-electron chi connectivity index (χ3n) is 3.67. The van der Waals surface area contributed by atoms with E-state index in [9.17, 15) is 10.1 Å². The molecular weight excluding hydrogens is 242 g/mol. The van der Waals surface area contributed by atoms with Crippen molar-refractivity contribution >= 4 is 5.91 Å². The van der Waals surface area contributed by atoms with Crippen molar-refractivity contribution in [3.63, 3.8) is 0 Å². The molecule has 1 fully saturated rings. The van der Waals surface area contributed by atoms with Crippen molar-refractivity contribution in [3.05, 3.63) is 24.2 Å². The molecule has 1 heterocycles. The quantitative estimate of drug-likeness (QED) is 0.792. The Hall–Kier alpha value is -1.80. The van der Waals surface area contributed by atoms with E-state index >= 15 is 0 Å². The van der Waals surface area contributed by atoms with Crippen LogP contribution in [-0.2, 0) is 4.79 Å². The van der Waals surface area contributed by atoms with Gasteiger partial charge in [0.2, 0.25) is 0 Å². The van der Waals surface area contributed by atoms with Gasteiger partial charge in [-0.15, -0.1) is 0 Å². The minimum atomic E-state index is -0.709. The highest BCUT2D eigenvalue weighted by Crippen LogP contribution is 2.39. The number of furan rings is 1. The summed E-state index contributed by atoms with van der Waals surface area (Å²) >= 11 is 0. The summed E-state index contributed by atoms with van der Waals surface area (Å²) < 4.78 is 5.28. The topological polar surface area (TPSA) is 82.6 Å². The number of carbonyl (C=O) groups excluding carboxylic acids is 1. The van der Waals surface area contributed by atoms with Crippen LogP contribution in [0.4, 0.5) is 0 Å². The molecule has 3 N–H and O–H groups in total. The highest BCUT2D eigenvalue weighted by Gasteiger charge is 2.43. The van der Waals surface area contributed by atoms with Crippen LogP contribution in [0.25, 0.3) is 0 Å². The van der Waals surface area contributed by atoms with E-state index in [1.54, 1.807) is 13.2 Å². The average Bonchev–Trinajstić information content (AvgIpc) is 3.12. The Kier molecular flexibility index (Phi) is 3.91. The molecule has 0 spiro atoms. The smallest absolute Gasteiger partial charge is 0.276 e. The summed E-state index contributed by atoms with van der Waals surface area (Å²) in [4.78, 5) is 11.9. The van der Waals surface area contributed by atoms with Crippen molar-refractivity contribution in [1.82, 2.24) is 5.32 Å². The Labute approximate surface area is 113 Å². The number of nitrogens with two attached hydrogens (primary N) is 1. The molecule has 2 rings (SSSR count). The highest BCUT2D eigenvalue weighted by atomic mass is 16.3. The third kappa shape index (κ3) is 3.36. The minimum absolute atomic E-state index is 0.0926. The molecule has 1 aliphatic carbocycles. The van der Waals surface area contributed by atoms with E-state index in [0.717, 1.165) is 18.6 Å². The molecule has 1 aliphatic rings. The van der Waals surface area contributed by atoms with Crippen LogP contribution in [0.2, 0.25) is 0 Å². The van der Waals surface area contributed by atoms with Crippen LogP contribution >= 0.6 is 0 Å². The van der Waals surface area contributed by atoms with Gasteiger partial charge in [-0.1, -0.05) is 0 Å². The molecule has 0 unspecified atom stereocenters. The zero-order chi connectivity index (χ0) is 13.9. The molecule has 1 aromatic rings. The normalized spacial score (nSPS) is 19.2. The van der Waals surface area contributed by atoms with Gasteiger partial charge in [-0.25, -0.2) is 0 Å². The lowest BCUT2D eigenvalue weighted by atomic mass is 9.98. The third-order valence-corrected chi connectivity index (χ3v) is 3.67. The number of nitrogens with zero attached hydrogens (tertiary/aromatic N) is 1. The number of nitriles is 1. The minimum Gasteiger partial charge on any atom is -0.463 e. The molecule has 102 valence electrons. The maximum absolute atomic E-state index is 11.9. The maximum atomic E-state index is 11.9. The lowest BCUT2D eigenvalue weighted by Gasteiger charge is -2.22. The van der Waals surface area contributed by atoms with E-state index in [-0.39, 0.29) is 11.9 Å². The van der Waals surface area contributed by atoms with Crippen LogP contribution in [0.3, 0.4) is 0 Å². The van der Waals surface area contributed by atoms with Gasteiger partial charge in [0.25, 0.3) is 5.91 Å². The fraction of sp³-hybridized carbons (Fsp3) is 0.571. The van der Waals surface area contributed by atoms with Crippen molar-refractivity contribution in [2.75, 3.05) is 6.54 Å². The van der Waals surface area contributed by atoms with E-state index < -0.39 is 5.54 Å². The molecule has 0 radical (unpaired) electrons. The zero-order valence-corrected chi connectivity index (χ0v) is 11.3. The highest BCUT2D eigenvalue weighted by molar-refractivity contribution is 5.78. The number of nitrogens with one attached hydrogen (secondary N) is 1. The predicted molar refractivity (Wildman–Crippen MR) is 68.8 cm³/mol. The van der Waals surface area contributed by atoms with E-state index in [4.69, 9.17) is 4.42 Å². The number of hydrogen-bond donors (Lipinski definition) is 2. The lowest BCUT2D eigenvalue weighted by molar-refractivity contribution is -0.684. The van der Waals surface area contributed by atoms with Gasteiger partial charge in [-0.3, -0.25) is 4.79 Å². The summed E-state index contributed by atoms with van der Waals surface area (Å²) in [5, 5.41) is 13.9. The van der Waals surface area contributed by atoms with Gasteiger partial charge in [-0.2, -0.15) is 5.26 Å². The average molecular weight is 262 g/mol. The second kappa shape index (κ2) is 5.45. The van der Waals surface area contributed by atoms with E-state index in [0.29, 0.717) is 12.5 Å². The summed E-state index contributed by atoms with van der Waals surface area (Å²) in [6.07, 6.45) is 3.67. The van der Waals surface area contributed by atoms with Gasteiger partial charge < -0.3 is 15.1 Å². The van der Waals surface area contributed by atoms with Crippen LogP contribution in [0.1, 0.15) is 38.5 Å². The van der Waals surface area contributed by atoms with Crippen LogP contribution in [-0.4, -0.2) is 18.0 Å². The van der Waals surface area contributed by atoms with Crippen molar-refractivity contribution in [2.24, 2.45) is 5.92 Å². The first-order valence-electron chi connectivity index (χ1n) is 6.64. The molecule has 5 nitrogen and oxygen atoms in total. The zero-order valence-electron chi connectivity index (χ0n) is 11.3.